The largest absolute Gasteiger partial charge is 0.346 e. The van der Waals surface area contributed by atoms with Crippen molar-refractivity contribution in [3.8, 4) is 11.3 Å². The zero-order valence-corrected chi connectivity index (χ0v) is 17.4. The lowest BCUT2D eigenvalue weighted by molar-refractivity contribution is -0.148. The van der Waals surface area contributed by atoms with Crippen LogP contribution in [0.5, 0.6) is 0 Å². The predicted octanol–water partition coefficient (Wildman–Crippen LogP) is 3.56. The Labute approximate surface area is 182 Å². The van der Waals surface area contributed by atoms with Gasteiger partial charge in [0.1, 0.15) is 0 Å². The van der Waals surface area contributed by atoms with Crippen LogP contribution in [-0.4, -0.2) is 40.0 Å². The number of rotatable bonds is 4. The third-order valence-electron chi connectivity index (χ3n) is 5.67. The molecule has 5 rings (SSSR count). The van der Waals surface area contributed by atoms with Gasteiger partial charge in [-0.3, -0.25) is 9.59 Å². The Balaban J connectivity index is 0.000000192. The zero-order valence-electron chi connectivity index (χ0n) is 17.4. The Morgan fingerprint density at radius 2 is 1.58 bits per heavy atom. The first-order valence-electron chi connectivity index (χ1n) is 10.7. The van der Waals surface area contributed by atoms with E-state index in [0.29, 0.717) is 25.3 Å². The van der Waals surface area contributed by atoms with Crippen molar-refractivity contribution in [1.29, 1.82) is 0 Å². The summed E-state index contributed by atoms with van der Waals surface area (Å²) < 4.78 is 0. The quantitative estimate of drug-likeness (QED) is 0.663. The molecule has 1 saturated carbocycles. The van der Waals surface area contributed by atoms with Crippen LogP contribution in [0, 0.1) is 0 Å². The van der Waals surface area contributed by atoms with Crippen molar-refractivity contribution in [3.63, 3.8) is 0 Å². The zero-order chi connectivity index (χ0) is 21.5. The van der Waals surface area contributed by atoms with Gasteiger partial charge in [-0.25, -0.2) is 0 Å². The molecule has 0 unspecified atom stereocenters. The minimum atomic E-state index is -0.560. The molecule has 0 spiro atoms. The molecule has 0 radical (unpaired) electrons. The molecule has 3 aromatic rings. The van der Waals surface area contributed by atoms with Crippen LogP contribution in [0.1, 0.15) is 36.4 Å². The molecule has 0 atom stereocenters. The van der Waals surface area contributed by atoms with Gasteiger partial charge in [-0.15, -0.1) is 0 Å². The number of nitrogens with zero attached hydrogens (tertiary/aromatic N) is 3. The molecule has 1 saturated heterocycles. The van der Waals surface area contributed by atoms with E-state index in [1.807, 2.05) is 42.5 Å². The summed E-state index contributed by atoms with van der Waals surface area (Å²) in [4.78, 5) is 24.5. The van der Waals surface area contributed by atoms with E-state index >= 15 is 0 Å². The van der Waals surface area contributed by atoms with Gasteiger partial charge >= 0.3 is 11.8 Å². The number of carbonyl (C=O) groups is 2. The van der Waals surface area contributed by atoms with Crippen LogP contribution < -0.4 is 5.32 Å². The summed E-state index contributed by atoms with van der Waals surface area (Å²) in [7, 11) is 0. The van der Waals surface area contributed by atoms with E-state index in [1.165, 1.54) is 29.7 Å². The fourth-order valence-electron chi connectivity index (χ4n) is 3.65. The molecule has 158 valence electrons. The monoisotopic (exact) mass is 414 g/mol. The molecule has 0 bridgehead atoms. The maximum Gasteiger partial charge on any atom is 0.312 e. The fourth-order valence-corrected chi connectivity index (χ4v) is 3.65. The average molecular weight is 415 g/mol. The Bertz CT molecular complexity index is 1000. The summed E-state index contributed by atoms with van der Waals surface area (Å²) in [6.07, 6.45) is 4.24. The molecule has 2 aromatic carbocycles. The molecule has 1 aromatic heterocycles. The first-order chi connectivity index (χ1) is 15.2. The summed E-state index contributed by atoms with van der Waals surface area (Å²) in [5.41, 5.74) is 3.97. The second-order valence-electron chi connectivity index (χ2n) is 7.80. The van der Waals surface area contributed by atoms with Crippen molar-refractivity contribution < 1.29 is 9.59 Å². The second-order valence-corrected chi connectivity index (χ2v) is 7.80. The van der Waals surface area contributed by atoms with Crippen LogP contribution >= 0.6 is 0 Å². The Morgan fingerprint density at radius 3 is 2.19 bits per heavy atom. The van der Waals surface area contributed by atoms with Crippen molar-refractivity contribution in [2.75, 3.05) is 13.1 Å². The molecule has 2 amide bonds. The minimum absolute atomic E-state index is 0.300. The number of carbonyl (C=O) groups excluding carboxylic acids is 2. The highest BCUT2D eigenvalue weighted by molar-refractivity contribution is 6.35. The summed E-state index contributed by atoms with van der Waals surface area (Å²) >= 11 is 0. The molecule has 6 heteroatoms. The predicted molar refractivity (Wildman–Crippen MR) is 119 cm³/mol. The van der Waals surface area contributed by atoms with Gasteiger partial charge < -0.3 is 10.2 Å². The van der Waals surface area contributed by atoms with Gasteiger partial charge in [0.15, 0.2) is 0 Å². The summed E-state index contributed by atoms with van der Waals surface area (Å²) in [5, 5.41) is 10.8. The van der Waals surface area contributed by atoms with Gasteiger partial charge in [-0.05, 0) is 36.5 Å². The molecule has 1 aliphatic carbocycles. The molecular weight excluding hydrogens is 388 g/mol. The van der Waals surface area contributed by atoms with Gasteiger partial charge in [0.25, 0.3) is 0 Å². The number of nitrogens with one attached hydrogen (secondary N) is 1. The van der Waals surface area contributed by atoms with Crippen molar-refractivity contribution in [3.05, 3.63) is 84.1 Å². The van der Waals surface area contributed by atoms with Crippen LogP contribution in [0.3, 0.4) is 0 Å². The third-order valence-corrected chi connectivity index (χ3v) is 5.67. The Kier molecular flexibility index (Phi) is 6.67. The smallest absolute Gasteiger partial charge is 0.312 e. The summed E-state index contributed by atoms with van der Waals surface area (Å²) in [5.74, 6) is -0.188. The first-order valence-corrected chi connectivity index (χ1v) is 10.7. The van der Waals surface area contributed by atoms with Gasteiger partial charge in [0.05, 0.1) is 17.9 Å². The van der Waals surface area contributed by atoms with Crippen LogP contribution in [0.15, 0.2) is 72.8 Å². The average Bonchev–Trinajstić information content (AvgIpc) is 2.78. The highest BCUT2D eigenvalue weighted by Gasteiger charge is 2.26. The lowest BCUT2D eigenvalue weighted by Gasteiger charge is -2.25. The van der Waals surface area contributed by atoms with E-state index in [1.54, 1.807) is 0 Å². The van der Waals surface area contributed by atoms with Crippen LogP contribution in [0.2, 0.25) is 0 Å². The molecule has 2 heterocycles. The van der Waals surface area contributed by atoms with E-state index in [9.17, 15) is 9.59 Å². The van der Waals surface area contributed by atoms with Gasteiger partial charge in [-0.1, -0.05) is 67.1 Å². The number of benzene rings is 2. The molecule has 1 aliphatic heterocycles. The van der Waals surface area contributed by atoms with Gasteiger partial charge in [0, 0.05) is 18.7 Å². The van der Waals surface area contributed by atoms with Crippen molar-refractivity contribution in [2.24, 2.45) is 0 Å². The van der Waals surface area contributed by atoms with E-state index in [4.69, 9.17) is 0 Å². The van der Waals surface area contributed by atoms with Crippen molar-refractivity contribution in [1.82, 2.24) is 20.4 Å². The fraction of sp³-hybridized carbons (Fsp3) is 0.280. The molecule has 6 nitrogen and oxygen atoms in total. The number of piperazine rings is 1. The Hall–Kier alpha value is -3.54. The number of hydrogen-bond donors (Lipinski definition) is 1. The maximum absolute atomic E-state index is 11.7. The molecular formula is C25H26N4O2. The van der Waals surface area contributed by atoms with Crippen LogP contribution in [-0.2, 0) is 16.1 Å². The summed E-state index contributed by atoms with van der Waals surface area (Å²) in [6, 6.07) is 24.3. The van der Waals surface area contributed by atoms with E-state index in [2.05, 4.69) is 45.8 Å². The van der Waals surface area contributed by atoms with Gasteiger partial charge in [0.2, 0.25) is 0 Å². The molecule has 2 fully saturated rings. The Morgan fingerprint density at radius 1 is 0.871 bits per heavy atom. The molecule has 31 heavy (non-hydrogen) atoms. The summed E-state index contributed by atoms with van der Waals surface area (Å²) in [6.45, 7) is 1.26. The third kappa shape index (κ3) is 5.34. The second kappa shape index (κ2) is 9.98. The highest BCUT2D eigenvalue weighted by Crippen LogP contribution is 2.35. The lowest BCUT2D eigenvalue weighted by atomic mass is 9.80. The standard InChI is InChI=1S/C15H14N4O2.C10H12/c20-14-15(21)19(9-8-16-14)10-12-6-7-13(18-17-12)11-4-2-1-3-5-11;1-2-5-9(6-3-1)10-7-4-8-10/h1-7H,8-10H2,(H,16,20);1-3,5-6,10H,4,7-8H2. The van der Waals surface area contributed by atoms with E-state index < -0.39 is 11.8 Å². The first kappa shape index (κ1) is 20.7. The SMILES string of the molecule is O=C1NCCN(Cc2ccc(-c3ccccc3)nn2)C1=O.c1ccc(C2CCC2)cc1. The normalized spacial score (nSPS) is 16.1. The number of hydrogen-bond acceptors (Lipinski definition) is 4. The lowest BCUT2D eigenvalue weighted by Crippen LogP contribution is -2.51. The number of aromatic nitrogens is 2. The molecule has 1 N–H and O–H groups in total. The van der Waals surface area contributed by atoms with Crippen molar-refractivity contribution >= 4 is 11.8 Å². The highest BCUT2D eigenvalue weighted by atomic mass is 16.2. The minimum Gasteiger partial charge on any atom is -0.346 e. The van der Waals surface area contributed by atoms with Gasteiger partial charge in [-0.2, -0.15) is 10.2 Å². The maximum atomic E-state index is 11.7. The van der Waals surface area contributed by atoms with E-state index in [-0.39, 0.29) is 0 Å². The van der Waals surface area contributed by atoms with Crippen LogP contribution in [0.4, 0.5) is 0 Å². The van der Waals surface area contributed by atoms with Crippen molar-refractivity contribution in [2.45, 2.75) is 31.7 Å². The molecule has 2 aliphatic rings. The number of amides is 2. The van der Waals surface area contributed by atoms with E-state index in [0.717, 1.165) is 17.2 Å². The van der Waals surface area contributed by atoms with Crippen LogP contribution in [0.25, 0.3) is 11.3 Å². The topological polar surface area (TPSA) is 75.2 Å².